The first-order valence-electron chi connectivity index (χ1n) is 7.04. The Labute approximate surface area is 120 Å². The van der Waals surface area contributed by atoms with E-state index in [9.17, 15) is 0 Å². The van der Waals surface area contributed by atoms with E-state index in [0.29, 0.717) is 0 Å². The zero-order valence-corrected chi connectivity index (χ0v) is 11.8. The van der Waals surface area contributed by atoms with E-state index in [0.717, 1.165) is 31.9 Å². The Hall–Kier alpha value is -2.00. The van der Waals surface area contributed by atoms with Gasteiger partial charge in [0.15, 0.2) is 0 Å². The van der Waals surface area contributed by atoms with Gasteiger partial charge in [0.1, 0.15) is 5.75 Å². The molecule has 104 valence electrons. The second-order valence-corrected chi connectivity index (χ2v) is 5.04. The molecule has 0 spiro atoms. The highest BCUT2D eigenvalue weighted by molar-refractivity contribution is 5.55. The van der Waals surface area contributed by atoms with Crippen LogP contribution in [0.1, 0.15) is 11.1 Å². The van der Waals surface area contributed by atoms with Crippen molar-refractivity contribution >= 4 is 5.69 Å². The smallest absolute Gasteiger partial charge is 0.123 e. The molecule has 0 amide bonds. The van der Waals surface area contributed by atoms with Gasteiger partial charge in [-0.2, -0.15) is 0 Å². The molecule has 0 unspecified atom stereocenters. The third-order valence-electron chi connectivity index (χ3n) is 3.76. The number of fused-ring (bicyclic) bond motifs is 1. The summed E-state index contributed by atoms with van der Waals surface area (Å²) in [5.41, 5.74) is 3.91. The van der Waals surface area contributed by atoms with E-state index in [2.05, 4.69) is 46.6 Å². The molecule has 0 bridgehead atoms. The molecule has 0 radical (unpaired) electrons. The molecule has 1 aliphatic heterocycles. The fraction of sp³-hybridized carbons (Fsp3) is 0.294. The lowest BCUT2D eigenvalue weighted by molar-refractivity contribution is 0.409. The van der Waals surface area contributed by atoms with Crippen LogP contribution in [0, 0.1) is 0 Å². The number of hydrogen-bond donors (Lipinski definition) is 1. The molecule has 0 fully saturated rings. The van der Waals surface area contributed by atoms with Gasteiger partial charge in [-0.15, -0.1) is 0 Å². The Kier molecular flexibility index (Phi) is 3.88. The molecular formula is C17H20N2O. The Morgan fingerprint density at radius 2 is 1.90 bits per heavy atom. The van der Waals surface area contributed by atoms with Crippen LogP contribution in [0.25, 0.3) is 0 Å². The molecule has 20 heavy (non-hydrogen) atoms. The SMILES string of the molecule is COc1ccccc1CN1CCNCc2ccccc21. The third kappa shape index (κ3) is 2.63. The minimum absolute atomic E-state index is 0.878. The van der Waals surface area contributed by atoms with Gasteiger partial charge in [-0.3, -0.25) is 0 Å². The Bertz CT molecular complexity index is 583. The van der Waals surface area contributed by atoms with Crippen molar-refractivity contribution in [3.63, 3.8) is 0 Å². The number of para-hydroxylation sites is 2. The van der Waals surface area contributed by atoms with Crippen LogP contribution in [0.2, 0.25) is 0 Å². The molecule has 1 heterocycles. The number of nitrogens with zero attached hydrogens (tertiary/aromatic N) is 1. The minimum Gasteiger partial charge on any atom is -0.496 e. The highest BCUT2D eigenvalue weighted by Gasteiger charge is 2.15. The maximum absolute atomic E-state index is 5.46. The van der Waals surface area contributed by atoms with E-state index >= 15 is 0 Å². The van der Waals surface area contributed by atoms with Gasteiger partial charge in [-0.1, -0.05) is 36.4 Å². The molecule has 0 saturated heterocycles. The molecule has 0 aliphatic carbocycles. The molecule has 3 nitrogen and oxygen atoms in total. The number of benzene rings is 2. The molecule has 0 atom stereocenters. The molecule has 3 rings (SSSR count). The van der Waals surface area contributed by atoms with Crippen LogP contribution in [0.5, 0.6) is 5.75 Å². The highest BCUT2D eigenvalue weighted by atomic mass is 16.5. The van der Waals surface area contributed by atoms with Gasteiger partial charge in [0, 0.05) is 37.4 Å². The number of methoxy groups -OCH3 is 1. The van der Waals surface area contributed by atoms with Crippen molar-refractivity contribution in [3.8, 4) is 5.75 Å². The fourth-order valence-corrected chi connectivity index (χ4v) is 2.73. The van der Waals surface area contributed by atoms with E-state index in [1.165, 1.54) is 16.8 Å². The van der Waals surface area contributed by atoms with Crippen LogP contribution < -0.4 is 15.0 Å². The van der Waals surface area contributed by atoms with Crippen molar-refractivity contribution in [2.45, 2.75) is 13.1 Å². The highest BCUT2D eigenvalue weighted by Crippen LogP contribution is 2.26. The summed E-state index contributed by atoms with van der Waals surface area (Å²) in [6.45, 7) is 3.83. The number of nitrogens with one attached hydrogen (secondary N) is 1. The maximum Gasteiger partial charge on any atom is 0.123 e. The summed E-state index contributed by atoms with van der Waals surface area (Å²) in [6.07, 6.45) is 0. The lowest BCUT2D eigenvalue weighted by Gasteiger charge is -2.25. The van der Waals surface area contributed by atoms with Crippen LogP contribution >= 0.6 is 0 Å². The van der Waals surface area contributed by atoms with Gasteiger partial charge in [0.05, 0.1) is 7.11 Å². The topological polar surface area (TPSA) is 24.5 Å². The maximum atomic E-state index is 5.46. The molecule has 1 N–H and O–H groups in total. The van der Waals surface area contributed by atoms with Crippen LogP contribution in [-0.4, -0.2) is 20.2 Å². The largest absolute Gasteiger partial charge is 0.496 e. The molecule has 1 aliphatic rings. The second-order valence-electron chi connectivity index (χ2n) is 5.04. The van der Waals surface area contributed by atoms with Gasteiger partial charge >= 0.3 is 0 Å². The number of anilines is 1. The molecule has 2 aromatic carbocycles. The summed E-state index contributed by atoms with van der Waals surface area (Å²) in [6, 6.07) is 16.9. The molecular weight excluding hydrogens is 248 g/mol. The van der Waals surface area contributed by atoms with Crippen molar-refractivity contribution < 1.29 is 4.74 Å². The summed E-state index contributed by atoms with van der Waals surface area (Å²) in [5.74, 6) is 0.960. The number of rotatable bonds is 3. The lowest BCUT2D eigenvalue weighted by atomic mass is 10.1. The predicted octanol–water partition coefficient (Wildman–Crippen LogP) is 2.81. The first-order chi connectivity index (χ1) is 9.88. The quantitative estimate of drug-likeness (QED) is 0.926. The third-order valence-corrected chi connectivity index (χ3v) is 3.76. The molecule has 2 aromatic rings. The normalized spacial score (nSPS) is 14.6. The zero-order valence-electron chi connectivity index (χ0n) is 11.8. The van der Waals surface area contributed by atoms with Gasteiger partial charge in [0.2, 0.25) is 0 Å². The van der Waals surface area contributed by atoms with Crippen LogP contribution in [0.4, 0.5) is 5.69 Å². The zero-order chi connectivity index (χ0) is 13.8. The Morgan fingerprint density at radius 1 is 1.10 bits per heavy atom. The average molecular weight is 268 g/mol. The molecule has 0 aromatic heterocycles. The molecule has 3 heteroatoms. The van der Waals surface area contributed by atoms with Crippen LogP contribution in [0.3, 0.4) is 0 Å². The predicted molar refractivity (Wildman–Crippen MR) is 82.2 cm³/mol. The Morgan fingerprint density at radius 3 is 2.80 bits per heavy atom. The van der Waals surface area contributed by atoms with Crippen molar-refractivity contribution in [2.24, 2.45) is 0 Å². The second kappa shape index (κ2) is 5.97. The summed E-state index contributed by atoms with van der Waals surface area (Å²) < 4.78 is 5.46. The minimum atomic E-state index is 0.878. The van der Waals surface area contributed by atoms with Crippen molar-refractivity contribution in [2.75, 3.05) is 25.1 Å². The standard InChI is InChI=1S/C17H20N2O/c1-20-17-9-5-3-7-15(17)13-19-11-10-18-12-14-6-2-4-8-16(14)19/h2-9,18H,10-13H2,1H3. The summed E-state index contributed by atoms with van der Waals surface area (Å²) in [4.78, 5) is 2.42. The first kappa shape index (κ1) is 13.0. The number of hydrogen-bond acceptors (Lipinski definition) is 3. The van der Waals surface area contributed by atoms with Gasteiger partial charge in [0.25, 0.3) is 0 Å². The lowest BCUT2D eigenvalue weighted by Crippen LogP contribution is -2.28. The van der Waals surface area contributed by atoms with Crippen molar-refractivity contribution in [1.82, 2.24) is 5.32 Å². The van der Waals surface area contributed by atoms with Crippen molar-refractivity contribution in [1.29, 1.82) is 0 Å². The molecule has 0 saturated carbocycles. The fourth-order valence-electron chi connectivity index (χ4n) is 2.73. The Balaban J connectivity index is 1.90. The van der Waals surface area contributed by atoms with Crippen LogP contribution in [0.15, 0.2) is 48.5 Å². The summed E-state index contributed by atoms with van der Waals surface area (Å²) in [5, 5.41) is 3.47. The van der Waals surface area contributed by atoms with E-state index in [-0.39, 0.29) is 0 Å². The van der Waals surface area contributed by atoms with E-state index < -0.39 is 0 Å². The monoisotopic (exact) mass is 268 g/mol. The van der Waals surface area contributed by atoms with Gasteiger partial charge in [-0.05, 0) is 17.7 Å². The van der Waals surface area contributed by atoms with E-state index in [1.807, 2.05) is 12.1 Å². The van der Waals surface area contributed by atoms with E-state index in [1.54, 1.807) is 7.11 Å². The van der Waals surface area contributed by atoms with Crippen molar-refractivity contribution in [3.05, 3.63) is 59.7 Å². The van der Waals surface area contributed by atoms with Crippen LogP contribution in [-0.2, 0) is 13.1 Å². The summed E-state index contributed by atoms with van der Waals surface area (Å²) >= 11 is 0. The summed E-state index contributed by atoms with van der Waals surface area (Å²) in [7, 11) is 1.73. The first-order valence-corrected chi connectivity index (χ1v) is 7.04. The van der Waals surface area contributed by atoms with Gasteiger partial charge < -0.3 is 15.0 Å². The number of ether oxygens (including phenoxy) is 1. The average Bonchev–Trinajstić information content (AvgIpc) is 2.71. The van der Waals surface area contributed by atoms with E-state index in [4.69, 9.17) is 4.74 Å². The van der Waals surface area contributed by atoms with Gasteiger partial charge in [-0.25, -0.2) is 0 Å².